The van der Waals surface area contributed by atoms with Crippen molar-refractivity contribution in [2.75, 3.05) is 25.0 Å². The number of hydrogen-bond donors (Lipinski definition) is 3. The highest BCUT2D eigenvalue weighted by Gasteiger charge is 2.26. The van der Waals surface area contributed by atoms with Crippen LogP contribution in [0, 0.1) is 12.7 Å². The van der Waals surface area contributed by atoms with Crippen molar-refractivity contribution >= 4 is 39.2 Å². The molecule has 0 aliphatic carbocycles. The number of benzene rings is 3. The molecule has 12 heteroatoms. The van der Waals surface area contributed by atoms with Gasteiger partial charge in [-0.15, -0.1) is 0 Å². The molecule has 0 spiro atoms. The van der Waals surface area contributed by atoms with Crippen LogP contribution in [-0.4, -0.2) is 60.5 Å². The van der Waals surface area contributed by atoms with Crippen molar-refractivity contribution in [3.8, 4) is 5.88 Å². The summed E-state index contributed by atoms with van der Waals surface area (Å²) in [4.78, 5) is 12.3. The molecule has 2 fully saturated rings. The molecule has 5 heterocycles. The molecule has 2 atom stereocenters. The number of hydrogen-bond acceptors (Lipinski definition) is 8. The molecule has 0 saturated carbocycles. The number of aromatic amines is 1. The molecule has 0 radical (unpaired) electrons. The minimum Gasteiger partial charge on any atom is -0.473 e. The third-order valence-corrected chi connectivity index (χ3v) is 10.1. The lowest BCUT2D eigenvalue weighted by Crippen LogP contribution is -2.35. The number of aliphatic hydroxyl groups is 1. The number of ether oxygens (including phenoxy) is 2. The number of fused-ring (bicyclic) bond motifs is 2. The van der Waals surface area contributed by atoms with Crippen LogP contribution in [-0.2, 0) is 24.4 Å². The van der Waals surface area contributed by atoms with E-state index in [1.54, 1.807) is 18.3 Å². The maximum Gasteiger partial charge on any atom is 0.213 e. The van der Waals surface area contributed by atoms with E-state index in [1.807, 2.05) is 49.4 Å². The number of aromatic nitrogens is 5. The Labute approximate surface area is 294 Å². The number of pyridine rings is 1. The molecule has 50 heavy (non-hydrogen) atoms. The van der Waals surface area contributed by atoms with E-state index in [1.165, 1.54) is 6.07 Å². The van der Waals surface area contributed by atoms with Crippen LogP contribution in [0.25, 0.3) is 21.9 Å². The summed E-state index contributed by atoms with van der Waals surface area (Å²) in [6.45, 7) is 6.19. The fraction of sp³-hybridized carbons (Fsp3) is 0.342. The molecule has 258 valence electrons. The SMILES string of the molecule is Cc1cc(NC(O)c2ccc3c(c2)nc(CN2CCC(c4cccc(OCc5ccc(Cl)cc5F)n4)CC2)n3C[C@@H]2CCO2)cc2cn[nH]c12. The summed E-state index contributed by atoms with van der Waals surface area (Å²) in [5.41, 5.74) is 6.94. The van der Waals surface area contributed by atoms with Gasteiger partial charge in [-0.3, -0.25) is 10.00 Å². The first-order valence-electron chi connectivity index (χ1n) is 17.1. The number of aliphatic hydroxyl groups excluding tert-OH is 1. The van der Waals surface area contributed by atoms with Crippen molar-refractivity contribution in [2.24, 2.45) is 0 Å². The third kappa shape index (κ3) is 6.91. The van der Waals surface area contributed by atoms with Crippen LogP contribution in [0.4, 0.5) is 10.1 Å². The maximum absolute atomic E-state index is 14.2. The number of H-pyrrole nitrogens is 1. The van der Waals surface area contributed by atoms with E-state index >= 15 is 0 Å². The van der Waals surface area contributed by atoms with Crippen molar-refractivity contribution < 1.29 is 19.0 Å². The monoisotopic (exact) mass is 695 g/mol. The van der Waals surface area contributed by atoms with Gasteiger partial charge in [0.25, 0.3) is 0 Å². The summed E-state index contributed by atoms with van der Waals surface area (Å²) in [7, 11) is 0. The summed E-state index contributed by atoms with van der Waals surface area (Å²) in [6.07, 6.45) is 4.02. The zero-order chi connectivity index (χ0) is 34.2. The second-order valence-corrected chi connectivity index (χ2v) is 13.8. The first-order valence-corrected chi connectivity index (χ1v) is 17.5. The zero-order valence-electron chi connectivity index (χ0n) is 27.8. The van der Waals surface area contributed by atoms with Gasteiger partial charge in [-0.1, -0.05) is 29.8 Å². The Morgan fingerprint density at radius 1 is 1.08 bits per heavy atom. The van der Waals surface area contributed by atoms with E-state index in [4.69, 9.17) is 31.0 Å². The highest BCUT2D eigenvalue weighted by molar-refractivity contribution is 6.30. The Kier molecular flexibility index (Phi) is 9.13. The van der Waals surface area contributed by atoms with Gasteiger partial charge >= 0.3 is 0 Å². The van der Waals surface area contributed by atoms with Crippen LogP contribution in [0.2, 0.25) is 5.02 Å². The lowest BCUT2D eigenvalue weighted by Gasteiger charge is -2.32. The minimum absolute atomic E-state index is 0.0870. The second-order valence-electron chi connectivity index (χ2n) is 13.3. The van der Waals surface area contributed by atoms with Crippen LogP contribution in [0.1, 0.15) is 59.6 Å². The summed E-state index contributed by atoms with van der Waals surface area (Å²) in [5, 5.41) is 22.9. The van der Waals surface area contributed by atoms with Crippen LogP contribution < -0.4 is 10.1 Å². The normalized spacial score (nSPS) is 17.6. The Balaban J connectivity index is 0.940. The van der Waals surface area contributed by atoms with E-state index in [2.05, 4.69) is 31.0 Å². The summed E-state index contributed by atoms with van der Waals surface area (Å²) in [5.74, 6) is 1.40. The predicted molar refractivity (Wildman–Crippen MR) is 191 cm³/mol. The molecule has 2 aliphatic heterocycles. The molecule has 0 amide bonds. The van der Waals surface area contributed by atoms with Crippen molar-refractivity contribution in [2.45, 2.75) is 64.1 Å². The van der Waals surface area contributed by atoms with Gasteiger partial charge in [0.1, 0.15) is 18.2 Å². The molecule has 3 aromatic carbocycles. The number of anilines is 1. The number of nitrogens with zero attached hydrogens (tertiary/aromatic N) is 5. The van der Waals surface area contributed by atoms with Crippen LogP contribution >= 0.6 is 11.6 Å². The highest BCUT2D eigenvalue weighted by Crippen LogP contribution is 2.31. The Morgan fingerprint density at radius 2 is 1.94 bits per heavy atom. The molecular weight excluding hydrogens is 657 g/mol. The Hall–Kier alpha value is -4.55. The number of imidazole rings is 1. The fourth-order valence-electron chi connectivity index (χ4n) is 7.00. The van der Waals surface area contributed by atoms with Gasteiger partial charge in [0.15, 0.2) is 6.23 Å². The number of halogens is 2. The molecule has 6 aromatic rings. The predicted octanol–water partition coefficient (Wildman–Crippen LogP) is 7.26. The zero-order valence-corrected chi connectivity index (χ0v) is 28.5. The van der Waals surface area contributed by atoms with Gasteiger partial charge in [0.05, 0.1) is 41.9 Å². The van der Waals surface area contributed by atoms with Gasteiger partial charge in [0, 0.05) is 51.5 Å². The van der Waals surface area contributed by atoms with Crippen LogP contribution in [0.15, 0.2) is 72.9 Å². The number of nitrogens with one attached hydrogen (secondary N) is 2. The summed E-state index contributed by atoms with van der Waals surface area (Å²) in [6, 6.07) is 20.4. The molecule has 8 rings (SSSR count). The van der Waals surface area contributed by atoms with E-state index in [0.29, 0.717) is 22.4 Å². The average Bonchev–Trinajstić information content (AvgIpc) is 3.71. The minimum atomic E-state index is -0.901. The smallest absolute Gasteiger partial charge is 0.213 e. The van der Waals surface area contributed by atoms with Crippen molar-refractivity contribution in [1.29, 1.82) is 0 Å². The number of aryl methyl sites for hydroxylation is 1. The van der Waals surface area contributed by atoms with E-state index in [9.17, 15) is 9.50 Å². The summed E-state index contributed by atoms with van der Waals surface area (Å²) >= 11 is 5.88. The maximum atomic E-state index is 14.2. The molecule has 2 aliphatic rings. The van der Waals surface area contributed by atoms with Gasteiger partial charge < -0.3 is 24.5 Å². The van der Waals surface area contributed by atoms with Crippen molar-refractivity contribution in [3.63, 3.8) is 0 Å². The molecule has 10 nitrogen and oxygen atoms in total. The van der Waals surface area contributed by atoms with E-state index in [0.717, 1.165) is 102 Å². The van der Waals surface area contributed by atoms with E-state index in [-0.39, 0.29) is 18.5 Å². The molecular formula is C38H39ClFN7O3. The van der Waals surface area contributed by atoms with Crippen LogP contribution in [0.3, 0.4) is 0 Å². The Morgan fingerprint density at radius 3 is 2.74 bits per heavy atom. The average molecular weight is 696 g/mol. The number of piperidine rings is 1. The quantitative estimate of drug-likeness (QED) is 0.122. The first-order chi connectivity index (χ1) is 24.4. The van der Waals surface area contributed by atoms with Crippen LogP contribution in [0.5, 0.6) is 5.88 Å². The van der Waals surface area contributed by atoms with E-state index < -0.39 is 6.23 Å². The van der Waals surface area contributed by atoms with Gasteiger partial charge in [0.2, 0.25) is 5.88 Å². The van der Waals surface area contributed by atoms with Gasteiger partial charge in [-0.05, 0) is 87.3 Å². The standard InChI is InChI=1S/C38H39ClFN7O3/c1-23-15-29(16-27-19-41-45-37(23)27)42-38(48)25-6-8-34-33(17-25)43-35(47(34)20-30-11-14-49-30)21-46-12-9-24(10-13-46)32-3-2-4-36(44-32)50-22-26-5-7-28(39)18-31(26)40/h2-8,15-19,24,30,38,42,48H,9-14,20-22H2,1H3,(H,41,45)/t30-,38?/m0/s1. The topological polar surface area (TPSA) is 113 Å². The summed E-state index contributed by atoms with van der Waals surface area (Å²) < 4.78 is 28.2. The third-order valence-electron chi connectivity index (χ3n) is 9.90. The second kappa shape index (κ2) is 14.0. The molecule has 1 unspecified atom stereocenters. The van der Waals surface area contributed by atoms with Crippen molar-refractivity contribution in [1.82, 2.24) is 29.6 Å². The lowest BCUT2D eigenvalue weighted by atomic mass is 9.93. The molecule has 0 bridgehead atoms. The number of rotatable bonds is 11. The molecule has 2 saturated heterocycles. The number of likely N-dealkylation sites (tertiary alicyclic amines) is 1. The molecule has 3 aromatic heterocycles. The largest absolute Gasteiger partial charge is 0.473 e. The molecule has 3 N–H and O–H groups in total. The van der Waals surface area contributed by atoms with Crippen molar-refractivity contribution in [3.05, 3.63) is 112 Å². The first kappa shape index (κ1) is 32.6. The fourth-order valence-corrected chi connectivity index (χ4v) is 7.16. The Bertz CT molecular complexity index is 2140. The van der Waals surface area contributed by atoms with Gasteiger partial charge in [-0.25, -0.2) is 14.4 Å². The lowest BCUT2D eigenvalue weighted by molar-refractivity contribution is -0.0592. The van der Waals surface area contributed by atoms with Gasteiger partial charge in [-0.2, -0.15) is 5.10 Å². The highest BCUT2D eigenvalue weighted by atomic mass is 35.5.